The number of carbonyl (C=O) groups excluding carboxylic acids is 2. The van der Waals surface area contributed by atoms with E-state index in [1.54, 1.807) is 4.90 Å². The van der Waals surface area contributed by atoms with E-state index in [4.69, 9.17) is 4.74 Å². The minimum absolute atomic E-state index is 0.0487. The number of rotatable bonds is 5. The molecule has 1 saturated heterocycles. The summed E-state index contributed by atoms with van der Waals surface area (Å²) >= 11 is 0. The van der Waals surface area contributed by atoms with Gasteiger partial charge in [-0.15, -0.1) is 0 Å². The highest BCUT2D eigenvalue weighted by molar-refractivity contribution is 5.97. The van der Waals surface area contributed by atoms with Crippen LogP contribution >= 0.6 is 0 Å². The lowest BCUT2D eigenvalue weighted by atomic mass is 10.2. The van der Waals surface area contributed by atoms with E-state index in [0.29, 0.717) is 18.9 Å². The van der Waals surface area contributed by atoms with E-state index in [-0.39, 0.29) is 23.3 Å². The van der Waals surface area contributed by atoms with Crippen molar-refractivity contribution in [3.8, 4) is 11.5 Å². The van der Waals surface area contributed by atoms with Crippen molar-refractivity contribution in [2.45, 2.75) is 25.3 Å². The smallest absolute Gasteiger partial charge is 0.229 e. The van der Waals surface area contributed by atoms with Crippen molar-refractivity contribution in [2.24, 2.45) is 11.3 Å². The van der Waals surface area contributed by atoms with Gasteiger partial charge in [-0.05, 0) is 55.2 Å². The Kier molecular flexibility index (Phi) is 3.32. The Balaban J connectivity index is 1.23. The first-order valence-electron chi connectivity index (χ1n) is 9.08. The van der Waals surface area contributed by atoms with Gasteiger partial charge in [0, 0.05) is 18.7 Å². The molecule has 5 nitrogen and oxygen atoms in total. The lowest BCUT2D eigenvalue weighted by molar-refractivity contribution is -0.124. The molecule has 2 saturated carbocycles. The fourth-order valence-electron chi connectivity index (χ4n) is 3.77. The first-order valence-corrected chi connectivity index (χ1v) is 9.08. The molecule has 5 rings (SSSR count). The van der Waals surface area contributed by atoms with Crippen molar-refractivity contribution < 1.29 is 14.3 Å². The summed E-state index contributed by atoms with van der Waals surface area (Å²) in [4.78, 5) is 26.3. The molecule has 1 atom stereocenters. The van der Waals surface area contributed by atoms with Gasteiger partial charge in [0.25, 0.3) is 0 Å². The molecule has 1 N–H and O–H groups in total. The van der Waals surface area contributed by atoms with Crippen molar-refractivity contribution in [1.82, 2.24) is 5.32 Å². The number of amides is 2. The predicted molar refractivity (Wildman–Crippen MR) is 97.0 cm³/mol. The standard InChI is InChI=1S/C21H20N2O3/c24-19-10-15(22-20(25)21-11-14(21)12-21)13-23(19)16-6-8-18(9-7-16)26-17-4-2-1-3-5-17/h1-9,14-15H,10-13H2,(H,22,25). The van der Waals surface area contributed by atoms with E-state index in [9.17, 15) is 9.59 Å². The minimum Gasteiger partial charge on any atom is -0.457 e. The van der Waals surface area contributed by atoms with Gasteiger partial charge in [0.05, 0.1) is 11.5 Å². The van der Waals surface area contributed by atoms with Crippen LogP contribution in [-0.2, 0) is 9.59 Å². The van der Waals surface area contributed by atoms with E-state index in [0.717, 1.165) is 30.0 Å². The van der Waals surface area contributed by atoms with Gasteiger partial charge < -0.3 is 15.0 Å². The SMILES string of the molecule is O=C1CC(NC(=O)C23CC2C3)CN1c1ccc(Oc2ccccc2)cc1. The largest absolute Gasteiger partial charge is 0.457 e. The average Bonchev–Trinajstić information content (AvgIpc) is 3.49. The first-order chi connectivity index (χ1) is 12.6. The van der Waals surface area contributed by atoms with E-state index >= 15 is 0 Å². The third-order valence-electron chi connectivity index (χ3n) is 5.72. The third kappa shape index (κ3) is 2.64. The van der Waals surface area contributed by atoms with Gasteiger partial charge in [-0.3, -0.25) is 9.59 Å². The third-order valence-corrected chi connectivity index (χ3v) is 5.72. The zero-order chi connectivity index (χ0) is 17.7. The van der Waals surface area contributed by atoms with E-state index in [1.807, 2.05) is 54.6 Å². The van der Waals surface area contributed by atoms with Crippen LogP contribution in [0.5, 0.6) is 11.5 Å². The van der Waals surface area contributed by atoms with Gasteiger partial charge in [0.15, 0.2) is 0 Å². The molecule has 1 aliphatic heterocycles. The number of para-hydroxylation sites is 1. The van der Waals surface area contributed by atoms with Gasteiger partial charge in [-0.1, -0.05) is 18.2 Å². The summed E-state index contributed by atoms with van der Waals surface area (Å²) < 4.78 is 5.79. The van der Waals surface area contributed by atoms with Crippen molar-refractivity contribution in [1.29, 1.82) is 0 Å². The van der Waals surface area contributed by atoms with Gasteiger partial charge in [0.2, 0.25) is 11.8 Å². The van der Waals surface area contributed by atoms with Crippen LogP contribution in [0.2, 0.25) is 0 Å². The molecule has 0 spiro atoms. The van der Waals surface area contributed by atoms with Crippen molar-refractivity contribution in [2.75, 3.05) is 11.4 Å². The quantitative estimate of drug-likeness (QED) is 0.903. The second-order valence-electron chi connectivity index (χ2n) is 7.55. The van der Waals surface area contributed by atoms with Gasteiger partial charge in [0.1, 0.15) is 11.5 Å². The van der Waals surface area contributed by atoms with Gasteiger partial charge >= 0.3 is 0 Å². The zero-order valence-corrected chi connectivity index (χ0v) is 14.4. The highest BCUT2D eigenvalue weighted by Gasteiger charge is 2.74. The molecular formula is C21H20N2O3. The number of ether oxygens (including phenoxy) is 1. The molecular weight excluding hydrogens is 328 g/mol. The molecule has 2 aromatic carbocycles. The molecule has 1 unspecified atom stereocenters. The fourth-order valence-corrected chi connectivity index (χ4v) is 3.77. The molecule has 26 heavy (non-hydrogen) atoms. The Morgan fingerprint density at radius 2 is 1.69 bits per heavy atom. The summed E-state index contributed by atoms with van der Waals surface area (Å²) in [5, 5.41) is 3.07. The van der Waals surface area contributed by atoms with Crippen LogP contribution in [0.3, 0.4) is 0 Å². The molecule has 3 fully saturated rings. The van der Waals surface area contributed by atoms with Crippen molar-refractivity contribution in [3.63, 3.8) is 0 Å². The normalized spacial score (nSPS) is 28.5. The summed E-state index contributed by atoms with van der Waals surface area (Å²) in [6.45, 7) is 0.532. The Morgan fingerprint density at radius 3 is 2.35 bits per heavy atom. The highest BCUT2D eigenvalue weighted by atomic mass is 16.5. The van der Waals surface area contributed by atoms with Crippen LogP contribution in [-0.4, -0.2) is 24.4 Å². The molecule has 132 valence electrons. The predicted octanol–water partition coefficient (Wildman–Crippen LogP) is 3.11. The molecule has 2 aromatic rings. The number of benzene rings is 2. The number of anilines is 1. The number of hydrogen-bond donors (Lipinski definition) is 1. The lowest BCUT2D eigenvalue weighted by Crippen LogP contribution is -2.39. The van der Waals surface area contributed by atoms with Crippen LogP contribution in [0.15, 0.2) is 54.6 Å². The maximum absolute atomic E-state index is 12.4. The fraction of sp³-hybridized carbons (Fsp3) is 0.333. The summed E-state index contributed by atoms with van der Waals surface area (Å²) in [6.07, 6.45) is 2.44. The Hall–Kier alpha value is -2.82. The average molecular weight is 348 g/mol. The Morgan fingerprint density at radius 1 is 1.04 bits per heavy atom. The number of nitrogens with one attached hydrogen (secondary N) is 1. The molecule has 5 heteroatoms. The molecule has 3 aliphatic rings. The number of nitrogens with zero attached hydrogens (tertiary/aromatic N) is 1. The molecule has 0 radical (unpaired) electrons. The lowest BCUT2D eigenvalue weighted by Gasteiger charge is -2.18. The maximum Gasteiger partial charge on any atom is 0.229 e. The second-order valence-corrected chi connectivity index (χ2v) is 7.55. The number of carbonyl (C=O) groups is 2. The van der Waals surface area contributed by atoms with Crippen molar-refractivity contribution in [3.05, 3.63) is 54.6 Å². The number of hydrogen-bond acceptors (Lipinski definition) is 3. The second kappa shape index (κ2) is 5.59. The van der Waals surface area contributed by atoms with E-state index in [2.05, 4.69) is 5.32 Å². The monoisotopic (exact) mass is 348 g/mol. The van der Waals surface area contributed by atoms with Crippen LogP contribution in [0.1, 0.15) is 19.3 Å². The topological polar surface area (TPSA) is 58.6 Å². The van der Waals surface area contributed by atoms with Crippen LogP contribution in [0, 0.1) is 11.3 Å². The zero-order valence-electron chi connectivity index (χ0n) is 14.4. The van der Waals surface area contributed by atoms with Crippen LogP contribution < -0.4 is 15.0 Å². The molecule has 0 aromatic heterocycles. The molecule has 2 aliphatic carbocycles. The summed E-state index contributed by atoms with van der Waals surface area (Å²) in [5.74, 6) is 2.32. The minimum atomic E-state index is -0.0912. The Bertz CT molecular complexity index is 857. The van der Waals surface area contributed by atoms with Crippen LogP contribution in [0.25, 0.3) is 0 Å². The molecule has 0 bridgehead atoms. The van der Waals surface area contributed by atoms with Crippen LogP contribution in [0.4, 0.5) is 5.69 Å². The maximum atomic E-state index is 12.4. The molecule has 1 heterocycles. The van der Waals surface area contributed by atoms with Gasteiger partial charge in [-0.25, -0.2) is 0 Å². The summed E-state index contributed by atoms with van der Waals surface area (Å²) in [7, 11) is 0. The van der Waals surface area contributed by atoms with Crippen molar-refractivity contribution >= 4 is 17.5 Å². The van der Waals surface area contributed by atoms with E-state index < -0.39 is 0 Å². The first kappa shape index (κ1) is 15.4. The Labute approximate surface area is 152 Å². The summed E-state index contributed by atoms with van der Waals surface area (Å²) in [5.41, 5.74) is 0.786. The summed E-state index contributed by atoms with van der Waals surface area (Å²) in [6, 6.07) is 17.0. The number of fused-ring (bicyclic) bond motifs is 1. The molecule has 2 amide bonds. The van der Waals surface area contributed by atoms with Gasteiger partial charge in [-0.2, -0.15) is 0 Å². The van der Waals surface area contributed by atoms with E-state index in [1.165, 1.54) is 0 Å². The highest BCUT2D eigenvalue weighted by Crippen LogP contribution is 2.75.